The van der Waals surface area contributed by atoms with E-state index in [2.05, 4.69) is 33.8 Å². The predicted molar refractivity (Wildman–Crippen MR) is 99.7 cm³/mol. The minimum Gasteiger partial charge on any atom is -0.425 e. The lowest BCUT2D eigenvalue weighted by molar-refractivity contribution is 0.201. The molecule has 0 bridgehead atoms. The minimum absolute atomic E-state index is 0.298. The maximum absolute atomic E-state index is 10.5. The second-order valence-electron chi connectivity index (χ2n) is 6.35. The average Bonchev–Trinajstić information content (AvgIpc) is 2.98. The fourth-order valence-electron chi connectivity index (χ4n) is 2.79. The van der Waals surface area contributed by atoms with E-state index in [0.29, 0.717) is 40.0 Å². The van der Waals surface area contributed by atoms with Crippen molar-refractivity contribution < 1.29 is 5.21 Å². The number of rotatable bonds is 3. The van der Waals surface area contributed by atoms with Gasteiger partial charge in [0.25, 0.3) is 0 Å². The van der Waals surface area contributed by atoms with Gasteiger partial charge < -0.3 is 10.9 Å². The van der Waals surface area contributed by atoms with Gasteiger partial charge in [-0.1, -0.05) is 13.8 Å². The van der Waals surface area contributed by atoms with E-state index in [9.17, 15) is 5.21 Å². The summed E-state index contributed by atoms with van der Waals surface area (Å²) in [5.41, 5.74) is 9.99. The largest absolute Gasteiger partial charge is 0.425 e. The maximum atomic E-state index is 10.5. The summed E-state index contributed by atoms with van der Waals surface area (Å²) in [5, 5.41) is 10.5. The number of nitrogens with two attached hydrogens (primary N) is 1. The molecule has 0 saturated heterocycles. The Morgan fingerprint density at radius 3 is 2.58 bits per heavy atom. The van der Waals surface area contributed by atoms with Gasteiger partial charge in [0.2, 0.25) is 0 Å². The highest BCUT2D eigenvalue weighted by molar-refractivity contribution is 5.81. The molecule has 0 amide bonds. The summed E-state index contributed by atoms with van der Waals surface area (Å²) in [5.74, 6) is 0.973. The van der Waals surface area contributed by atoms with Crippen LogP contribution in [-0.2, 0) is 0 Å². The third kappa shape index (κ3) is 2.63. The third-order valence-electron chi connectivity index (χ3n) is 4.24. The lowest BCUT2D eigenvalue weighted by Gasteiger charge is -2.06. The van der Waals surface area contributed by atoms with E-state index < -0.39 is 0 Å². The van der Waals surface area contributed by atoms with Crippen molar-refractivity contribution in [3.63, 3.8) is 0 Å². The maximum Gasteiger partial charge on any atom is 0.197 e. The predicted octanol–water partition coefficient (Wildman–Crippen LogP) is 3.50. The van der Waals surface area contributed by atoms with Crippen molar-refractivity contribution in [2.75, 3.05) is 5.73 Å². The van der Waals surface area contributed by atoms with Crippen molar-refractivity contribution in [2.45, 2.75) is 19.8 Å². The number of pyridine rings is 3. The van der Waals surface area contributed by atoms with Gasteiger partial charge in [0.1, 0.15) is 11.3 Å². The monoisotopic (exact) mass is 346 g/mol. The van der Waals surface area contributed by atoms with E-state index in [1.807, 2.05) is 24.3 Å². The Balaban J connectivity index is 1.81. The molecule has 0 radical (unpaired) electrons. The Labute approximate surface area is 150 Å². The first-order valence-electron chi connectivity index (χ1n) is 8.30. The molecule has 4 heterocycles. The Morgan fingerprint density at radius 2 is 1.88 bits per heavy atom. The van der Waals surface area contributed by atoms with Crippen LogP contribution in [0.2, 0.25) is 0 Å². The molecule has 130 valence electrons. The number of fused-ring (bicyclic) bond motifs is 1. The molecule has 0 saturated carbocycles. The van der Waals surface area contributed by atoms with E-state index in [0.717, 1.165) is 16.0 Å². The van der Waals surface area contributed by atoms with E-state index in [4.69, 9.17) is 5.73 Å². The summed E-state index contributed by atoms with van der Waals surface area (Å²) >= 11 is 0. The lowest BCUT2D eigenvalue weighted by Crippen LogP contribution is -2.00. The molecular formula is C19H18N6O. The van der Waals surface area contributed by atoms with E-state index in [1.165, 1.54) is 0 Å². The van der Waals surface area contributed by atoms with Gasteiger partial charge in [0.15, 0.2) is 11.5 Å². The highest BCUT2D eigenvalue weighted by atomic mass is 16.5. The summed E-state index contributed by atoms with van der Waals surface area (Å²) in [7, 11) is 0. The Kier molecular flexibility index (Phi) is 3.76. The number of nitrogen functional groups attached to an aromatic ring is 1. The molecule has 0 spiro atoms. The molecule has 4 aromatic rings. The summed E-state index contributed by atoms with van der Waals surface area (Å²) in [6.07, 6.45) is 3.38. The van der Waals surface area contributed by atoms with Gasteiger partial charge >= 0.3 is 0 Å². The molecule has 0 aromatic carbocycles. The van der Waals surface area contributed by atoms with Crippen LogP contribution in [-0.4, -0.2) is 29.9 Å². The van der Waals surface area contributed by atoms with E-state index in [-0.39, 0.29) is 0 Å². The summed E-state index contributed by atoms with van der Waals surface area (Å²) < 4.78 is 0.947. The second kappa shape index (κ2) is 6.11. The van der Waals surface area contributed by atoms with Crippen LogP contribution >= 0.6 is 0 Å². The van der Waals surface area contributed by atoms with Crippen LogP contribution in [0, 0.1) is 0 Å². The first-order chi connectivity index (χ1) is 12.5. The van der Waals surface area contributed by atoms with Gasteiger partial charge in [0.05, 0.1) is 11.3 Å². The van der Waals surface area contributed by atoms with Crippen LogP contribution in [0.25, 0.3) is 33.8 Å². The van der Waals surface area contributed by atoms with Crippen LogP contribution in [0.3, 0.4) is 0 Å². The van der Waals surface area contributed by atoms with Crippen LogP contribution in [0.15, 0.2) is 48.8 Å². The van der Waals surface area contributed by atoms with Gasteiger partial charge in [-0.25, -0.2) is 15.0 Å². The summed E-state index contributed by atoms with van der Waals surface area (Å²) in [4.78, 5) is 17.5. The fraction of sp³-hybridized carbons (Fsp3) is 0.158. The van der Waals surface area contributed by atoms with Gasteiger partial charge in [-0.3, -0.25) is 4.98 Å². The lowest BCUT2D eigenvalue weighted by atomic mass is 10.1. The van der Waals surface area contributed by atoms with E-state index >= 15 is 0 Å². The molecule has 0 unspecified atom stereocenters. The van der Waals surface area contributed by atoms with Crippen LogP contribution in [0.1, 0.15) is 25.5 Å². The highest BCUT2D eigenvalue weighted by Crippen LogP contribution is 2.27. The Bertz CT molecular complexity index is 1090. The zero-order chi connectivity index (χ0) is 18.3. The van der Waals surface area contributed by atoms with Gasteiger partial charge in [-0.05, 0) is 42.3 Å². The second-order valence-corrected chi connectivity index (χ2v) is 6.35. The van der Waals surface area contributed by atoms with Crippen molar-refractivity contribution in [1.82, 2.24) is 24.7 Å². The highest BCUT2D eigenvalue weighted by Gasteiger charge is 2.16. The third-order valence-corrected chi connectivity index (χ3v) is 4.24. The molecule has 4 aromatic heterocycles. The van der Waals surface area contributed by atoms with Crippen LogP contribution in [0.4, 0.5) is 5.82 Å². The molecule has 7 nitrogen and oxygen atoms in total. The molecule has 26 heavy (non-hydrogen) atoms. The summed E-state index contributed by atoms with van der Waals surface area (Å²) in [6.45, 7) is 4.20. The standard InChI is InChI=1S/C19H18N6O/c1-11(2)14-6-5-12(10-22-14)15-7-8-16-19(23-15)25(26)18(24-16)13-4-3-9-21-17(13)20/h3-11,26H,1-2H3,(H2,20,21). The van der Waals surface area contributed by atoms with Crippen molar-refractivity contribution in [1.29, 1.82) is 0 Å². The summed E-state index contributed by atoms with van der Waals surface area (Å²) in [6, 6.07) is 11.1. The number of nitrogens with zero attached hydrogens (tertiary/aromatic N) is 5. The molecule has 0 aliphatic rings. The number of aromatic nitrogens is 5. The van der Waals surface area contributed by atoms with Crippen molar-refractivity contribution >= 4 is 17.0 Å². The van der Waals surface area contributed by atoms with Gasteiger partial charge in [-0.15, -0.1) is 4.73 Å². The van der Waals surface area contributed by atoms with Crippen LogP contribution in [0.5, 0.6) is 0 Å². The molecule has 4 rings (SSSR count). The quantitative estimate of drug-likeness (QED) is 0.550. The molecule has 0 fully saturated rings. The first-order valence-corrected chi connectivity index (χ1v) is 8.30. The molecule has 0 atom stereocenters. The zero-order valence-corrected chi connectivity index (χ0v) is 14.5. The van der Waals surface area contributed by atoms with Gasteiger partial charge in [-0.2, -0.15) is 0 Å². The van der Waals surface area contributed by atoms with Crippen LogP contribution < -0.4 is 5.73 Å². The van der Waals surface area contributed by atoms with Crippen molar-refractivity contribution in [3.8, 4) is 22.6 Å². The number of hydrogen-bond acceptors (Lipinski definition) is 6. The zero-order valence-electron chi connectivity index (χ0n) is 14.5. The number of imidazole rings is 1. The SMILES string of the molecule is CC(C)c1ccc(-c2ccc3nc(-c4cccnc4N)n(O)c3n2)cn1. The number of anilines is 1. The Hall–Kier alpha value is -3.48. The fourth-order valence-corrected chi connectivity index (χ4v) is 2.79. The molecule has 7 heteroatoms. The molecule has 0 aliphatic heterocycles. The normalized spacial score (nSPS) is 11.3. The Morgan fingerprint density at radius 1 is 1.04 bits per heavy atom. The molecular weight excluding hydrogens is 328 g/mol. The smallest absolute Gasteiger partial charge is 0.197 e. The van der Waals surface area contributed by atoms with Crippen molar-refractivity contribution in [3.05, 3.63) is 54.5 Å². The van der Waals surface area contributed by atoms with Gasteiger partial charge in [0, 0.05) is 23.7 Å². The van der Waals surface area contributed by atoms with E-state index in [1.54, 1.807) is 24.5 Å². The first kappa shape index (κ1) is 16.0. The minimum atomic E-state index is 0.298. The molecule has 3 N–H and O–H groups in total. The topological polar surface area (TPSA) is 103 Å². The van der Waals surface area contributed by atoms with Crippen molar-refractivity contribution in [2.24, 2.45) is 0 Å². The average molecular weight is 346 g/mol. The number of hydrogen-bond donors (Lipinski definition) is 2. The molecule has 0 aliphatic carbocycles.